The van der Waals surface area contributed by atoms with Crippen molar-refractivity contribution in [1.82, 2.24) is 4.90 Å². The summed E-state index contributed by atoms with van der Waals surface area (Å²) in [5.41, 5.74) is -1.02. The standard InChI is InChI=1S/C15H21NO4/c1-3-15(4-2,14(19)20)9-16-12(17)10-7-5-6-8-11(10)13(16)18/h5-6,10-11H,3-4,7-9H2,1-2H3,(H,19,20). The maximum absolute atomic E-state index is 12.4. The van der Waals surface area contributed by atoms with Gasteiger partial charge in [0.2, 0.25) is 11.8 Å². The molecular formula is C15H21NO4. The summed E-state index contributed by atoms with van der Waals surface area (Å²) >= 11 is 0. The minimum Gasteiger partial charge on any atom is -0.481 e. The summed E-state index contributed by atoms with van der Waals surface area (Å²) in [6.07, 6.45) is 5.85. The van der Waals surface area contributed by atoms with Crippen LogP contribution in [0.25, 0.3) is 0 Å². The van der Waals surface area contributed by atoms with Crippen molar-refractivity contribution in [3.8, 4) is 0 Å². The van der Waals surface area contributed by atoms with Crippen LogP contribution in [0.2, 0.25) is 0 Å². The predicted octanol–water partition coefficient (Wildman–Crippen LogP) is 1.83. The van der Waals surface area contributed by atoms with Crippen LogP contribution in [0.5, 0.6) is 0 Å². The van der Waals surface area contributed by atoms with Gasteiger partial charge >= 0.3 is 5.97 Å². The van der Waals surface area contributed by atoms with Gasteiger partial charge in [0.05, 0.1) is 17.3 Å². The van der Waals surface area contributed by atoms with Gasteiger partial charge in [-0.15, -0.1) is 0 Å². The number of hydrogen-bond donors (Lipinski definition) is 1. The Kier molecular flexibility index (Phi) is 3.97. The van der Waals surface area contributed by atoms with Crippen LogP contribution in [0.15, 0.2) is 12.2 Å². The van der Waals surface area contributed by atoms with Crippen LogP contribution in [0.1, 0.15) is 39.5 Å². The zero-order valence-electron chi connectivity index (χ0n) is 12.0. The molecule has 1 fully saturated rings. The molecular weight excluding hydrogens is 258 g/mol. The average Bonchev–Trinajstić information content (AvgIpc) is 2.69. The van der Waals surface area contributed by atoms with Gasteiger partial charge in [0.15, 0.2) is 0 Å². The minimum atomic E-state index is -1.02. The highest BCUT2D eigenvalue weighted by Gasteiger charge is 2.50. The topological polar surface area (TPSA) is 74.7 Å². The number of likely N-dealkylation sites (tertiary alicyclic amines) is 1. The van der Waals surface area contributed by atoms with Crippen molar-refractivity contribution < 1.29 is 19.5 Å². The summed E-state index contributed by atoms with van der Waals surface area (Å²) in [5.74, 6) is -1.90. The van der Waals surface area contributed by atoms with Gasteiger partial charge in [0.25, 0.3) is 0 Å². The van der Waals surface area contributed by atoms with Gasteiger partial charge < -0.3 is 5.11 Å². The second-order valence-corrected chi connectivity index (χ2v) is 5.71. The molecule has 2 unspecified atom stereocenters. The fourth-order valence-electron chi connectivity index (χ4n) is 3.17. The van der Waals surface area contributed by atoms with E-state index in [0.29, 0.717) is 25.7 Å². The van der Waals surface area contributed by atoms with Crippen LogP contribution < -0.4 is 0 Å². The fourth-order valence-corrected chi connectivity index (χ4v) is 3.17. The molecule has 0 bridgehead atoms. The van der Waals surface area contributed by atoms with Gasteiger partial charge in [-0.25, -0.2) is 0 Å². The van der Waals surface area contributed by atoms with Crippen molar-refractivity contribution in [2.45, 2.75) is 39.5 Å². The van der Waals surface area contributed by atoms with Crippen LogP contribution >= 0.6 is 0 Å². The highest BCUT2D eigenvalue weighted by molar-refractivity contribution is 6.05. The van der Waals surface area contributed by atoms with Crippen LogP contribution in [-0.2, 0) is 14.4 Å². The van der Waals surface area contributed by atoms with E-state index < -0.39 is 11.4 Å². The van der Waals surface area contributed by atoms with Crippen molar-refractivity contribution in [2.24, 2.45) is 17.3 Å². The smallest absolute Gasteiger partial charge is 0.311 e. The molecule has 2 rings (SSSR count). The van der Waals surface area contributed by atoms with Gasteiger partial charge in [0.1, 0.15) is 0 Å². The van der Waals surface area contributed by atoms with Crippen molar-refractivity contribution in [1.29, 1.82) is 0 Å². The quantitative estimate of drug-likeness (QED) is 0.615. The summed E-state index contributed by atoms with van der Waals surface area (Å²) in [4.78, 5) is 37.5. The number of allylic oxidation sites excluding steroid dienone is 2. The normalized spacial score (nSPS) is 26.0. The number of carbonyl (C=O) groups is 3. The van der Waals surface area contributed by atoms with E-state index in [1.54, 1.807) is 13.8 Å². The Morgan fingerprint density at radius 3 is 2.00 bits per heavy atom. The van der Waals surface area contributed by atoms with Gasteiger partial charge in [-0.3, -0.25) is 19.3 Å². The van der Waals surface area contributed by atoms with Crippen molar-refractivity contribution >= 4 is 17.8 Å². The maximum atomic E-state index is 12.4. The molecule has 1 heterocycles. The molecule has 0 saturated carbocycles. The molecule has 0 spiro atoms. The second-order valence-electron chi connectivity index (χ2n) is 5.71. The number of fused-ring (bicyclic) bond motifs is 1. The van der Waals surface area contributed by atoms with Gasteiger partial charge in [-0.2, -0.15) is 0 Å². The largest absolute Gasteiger partial charge is 0.481 e. The molecule has 1 saturated heterocycles. The van der Waals surface area contributed by atoms with E-state index in [2.05, 4.69) is 0 Å². The molecule has 0 aromatic heterocycles. The Morgan fingerprint density at radius 1 is 1.20 bits per heavy atom. The van der Waals surface area contributed by atoms with E-state index in [4.69, 9.17) is 0 Å². The van der Waals surface area contributed by atoms with Gasteiger partial charge in [-0.05, 0) is 25.7 Å². The van der Waals surface area contributed by atoms with E-state index in [1.165, 1.54) is 4.90 Å². The third-order valence-electron chi connectivity index (χ3n) is 4.87. The summed E-state index contributed by atoms with van der Waals surface area (Å²) < 4.78 is 0. The average molecular weight is 279 g/mol. The number of carboxylic acid groups (broad SMARTS) is 1. The Hall–Kier alpha value is -1.65. The van der Waals surface area contributed by atoms with Gasteiger partial charge in [0, 0.05) is 6.54 Å². The lowest BCUT2D eigenvalue weighted by atomic mass is 9.82. The zero-order valence-corrected chi connectivity index (χ0v) is 12.0. The summed E-state index contributed by atoms with van der Waals surface area (Å²) in [6.45, 7) is 3.58. The number of hydrogen-bond acceptors (Lipinski definition) is 3. The third-order valence-corrected chi connectivity index (χ3v) is 4.87. The van der Waals surface area contributed by atoms with Crippen molar-refractivity contribution in [3.63, 3.8) is 0 Å². The van der Waals surface area contributed by atoms with Crippen LogP contribution in [-0.4, -0.2) is 34.3 Å². The SMILES string of the molecule is CCC(CC)(CN1C(=O)C2CC=CCC2C1=O)C(=O)O. The number of rotatable bonds is 5. The second kappa shape index (κ2) is 5.38. The number of carboxylic acids is 1. The van der Waals surface area contributed by atoms with Crippen molar-refractivity contribution in [2.75, 3.05) is 6.54 Å². The Balaban J connectivity index is 2.23. The van der Waals surface area contributed by atoms with E-state index >= 15 is 0 Å². The third kappa shape index (κ3) is 2.15. The lowest BCUT2D eigenvalue weighted by Gasteiger charge is -2.30. The summed E-state index contributed by atoms with van der Waals surface area (Å²) in [7, 11) is 0. The Morgan fingerprint density at radius 2 is 1.65 bits per heavy atom. The number of carbonyl (C=O) groups excluding carboxylic acids is 2. The first-order valence-corrected chi connectivity index (χ1v) is 7.20. The first-order chi connectivity index (χ1) is 9.46. The Labute approximate surface area is 118 Å². The molecule has 0 aromatic rings. The fraction of sp³-hybridized carbons (Fsp3) is 0.667. The van der Waals surface area contributed by atoms with Crippen molar-refractivity contribution in [3.05, 3.63) is 12.2 Å². The molecule has 0 aromatic carbocycles. The highest BCUT2D eigenvalue weighted by Crippen LogP contribution is 2.38. The zero-order chi connectivity index (χ0) is 14.9. The Bertz CT molecular complexity index is 438. The molecule has 20 heavy (non-hydrogen) atoms. The number of imide groups is 1. The molecule has 2 amide bonds. The molecule has 0 radical (unpaired) electrons. The maximum Gasteiger partial charge on any atom is 0.311 e. The molecule has 5 nitrogen and oxygen atoms in total. The lowest BCUT2D eigenvalue weighted by molar-refractivity contribution is -0.153. The van der Waals surface area contributed by atoms with Gasteiger partial charge in [-0.1, -0.05) is 26.0 Å². The highest BCUT2D eigenvalue weighted by atomic mass is 16.4. The van der Waals surface area contributed by atoms with E-state index in [-0.39, 0.29) is 30.2 Å². The molecule has 110 valence electrons. The summed E-state index contributed by atoms with van der Waals surface area (Å²) in [6, 6.07) is 0. The van der Waals surface area contributed by atoms with E-state index in [9.17, 15) is 19.5 Å². The minimum absolute atomic E-state index is 0. The monoisotopic (exact) mass is 279 g/mol. The molecule has 2 atom stereocenters. The molecule has 1 aliphatic carbocycles. The molecule has 1 N–H and O–H groups in total. The van der Waals surface area contributed by atoms with Crippen LogP contribution in [0.4, 0.5) is 0 Å². The molecule has 2 aliphatic rings. The predicted molar refractivity (Wildman–Crippen MR) is 72.7 cm³/mol. The number of amides is 2. The lowest BCUT2D eigenvalue weighted by Crippen LogP contribution is -2.45. The van der Waals surface area contributed by atoms with E-state index in [0.717, 1.165) is 0 Å². The summed E-state index contributed by atoms with van der Waals surface area (Å²) in [5, 5.41) is 9.45. The van der Waals surface area contributed by atoms with Crippen LogP contribution in [0, 0.1) is 17.3 Å². The van der Waals surface area contributed by atoms with E-state index in [1.807, 2.05) is 12.2 Å². The molecule has 5 heteroatoms. The number of nitrogens with zero attached hydrogens (tertiary/aromatic N) is 1. The van der Waals surface area contributed by atoms with Crippen LogP contribution in [0.3, 0.4) is 0 Å². The number of aliphatic carboxylic acids is 1. The first-order valence-electron chi connectivity index (χ1n) is 7.20. The molecule has 1 aliphatic heterocycles. The first kappa shape index (κ1) is 14.8.